The summed E-state index contributed by atoms with van der Waals surface area (Å²) in [4.78, 5) is 47.9. The predicted molar refractivity (Wildman–Crippen MR) is 136 cm³/mol. The summed E-state index contributed by atoms with van der Waals surface area (Å²) >= 11 is 3.62. The molecule has 0 aliphatic carbocycles. The number of carboxylic acids is 1. The highest BCUT2D eigenvalue weighted by molar-refractivity contribution is 8.04. The molecule has 1 aromatic rings. The topological polar surface area (TPSA) is 160 Å². The first-order chi connectivity index (χ1) is 16.0. The van der Waals surface area contributed by atoms with Crippen molar-refractivity contribution >= 4 is 71.8 Å². The maximum atomic E-state index is 12.9. The lowest BCUT2D eigenvalue weighted by atomic mass is 10.0. The number of thioether (sulfide) groups is 2. The van der Waals surface area contributed by atoms with Gasteiger partial charge in [0, 0.05) is 23.0 Å². The molecule has 4 N–H and O–H groups in total. The number of aromatic nitrogens is 2. The number of nitrogens with zero attached hydrogens (tertiary/aromatic N) is 4. The van der Waals surface area contributed by atoms with E-state index in [-0.39, 0.29) is 29.0 Å². The number of amides is 2. The average Bonchev–Trinajstić information content (AvgIpc) is 3.19. The molecule has 11 nitrogen and oxygen atoms in total. The highest BCUT2D eigenvalue weighted by Crippen LogP contribution is 2.41. The Hall–Kier alpha value is -2.54. The van der Waals surface area contributed by atoms with Crippen molar-refractivity contribution in [2.24, 2.45) is 5.16 Å². The van der Waals surface area contributed by atoms with E-state index in [1.54, 1.807) is 6.92 Å². The smallest absolute Gasteiger partial charge is 0.352 e. The number of nitrogens with two attached hydrogens (primary N) is 1. The standard InChI is InChI=1S/C19H24N6O5S3Si/c1-5-30-23-11(14-22-19(20)33-24-14)15(26)21-12-16(27)25-13(18(28)29)10(9-32-17(12)25)8-31-6-7-34(2,3)4/h12,17H,5,8-9H2,1-4H3,(H,21,26)(H,28,29)(H2,20,22,24)/b23-11+/t12?,17-/m1/s1. The lowest BCUT2D eigenvalue weighted by Gasteiger charge is -2.49. The van der Waals surface area contributed by atoms with Crippen molar-refractivity contribution < 1.29 is 24.3 Å². The molecule has 2 amide bonds. The summed E-state index contributed by atoms with van der Waals surface area (Å²) in [7, 11) is -1.53. The number of nitrogen functional groups attached to an aromatic ring is 1. The lowest BCUT2D eigenvalue weighted by molar-refractivity contribution is -0.150. The van der Waals surface area contributed by atoms with Crippen LogP contribution in [0.1, 0.15) is 12.7 Å². The molecule has 0 bridgehead atoms. The Bertz CT molecular complexity index is 1120. The zero-order valence-electron chi connectivity index (χ0n) is 18.9. The van der Waals surface area contributed by atoms with Crippen molar-refractivity contribution in [3.63, 3.8) is 0 Å². The molecular weight excluding hydrogens is 517 g/mol. The van der Waals surface area contributed by atoms with Gasteiger partial charge in [-0.05, 0) is 17.7 Å². The molecule has 1 unspecified atom stereocenters. The molecule has 3 heterocycles. The highest BCUT2D eigenvalue weighted by Gasteiger charge is 2.54. The minimum absolute atomic E-state index is 0.0155. The van der Waals surface area contributed by atoms with Gasteiger partial charge in [0.05, 0.1) is 0 Å². The SMILES string of the molecule is CCO/N=C(/C(=O)NC1C(=O)N2C(C(=O)O)=C(CSC#C[Si](C)(C)C)CS[C@H]12)c1nsc(N)n1. The fourth-order valence-electron chi connectivity index (χ4n) is 2.96. The van der Waals surface area contributed by atoms with E-state index in [4.69, 9.17) is 10.6 Å². The lowest BCUT2D eigenvalue weighted by Crippen LogP contribution is -2.71. The van der Waals surface area contributed by atoms with Crippen LogP contribution < -0.4 is 11.1 Å². The van der Waals surface area contributed by atoms with Crippen molar-refractivity contribution in [1.82, 2.24) is 19.6 Å². The van der Waals surface area contributed by atoms with Gasteiger partial charge in [-0.2, -0.15) is 9.36 Å². The van der Waals surface area contributed by atoms with Gasteiger partial charge in [0.15, 0.2) is 5.13 Å². The van der Waals surface area contributed by atoms with Crippen LogP contribution in [-0.4, -0.2) is 80.5 Å². The quantitative estimate of drug-likeness (QED) is 0.144. The molecule has 34 heavy (non-hydrogen) atoms. The predicted octanol–water partition coefficient (Wildman–Crippen LogP) is 1.17. The number of carbonyl (C=O) groups is 3. The highest BCUT2D eigenvalue weighted by atomic mass is 32.2. The van der Waals surface area contributed by atoms with Gasteiger partial charge in [-0.15, -0.1) is 17.3 Å². The molecule has 0 spiro atoms. The number of hydrogen-bond acceptors (Lipinski definition) is 11. The number of carbonyl (C=O) groups excluding carboxylic acids is 2. The van der Waals surface area contributed by atoms with E-state index in [1.165, 1.54) is 28.4 Å². The van der Waals surface area contributed by atoms with Crippen molar-refractivity contribution in [3.8, 4) is 10.8 Å². The molecule has 1 fully saturated rings. The summed E-state index contributed by atoms with van der Waals surface area (Å²) in [5, 5.41) is 18.8. The molecule has 2 aliphatic heterocycles. The maximum Gasteiger partial charge on any atom is 0.352 e. The minimum atomic E-state index is -1.53. The zero-order chi connectivity index (χ0) is 25.0. The number of anilines is 1. The maximum absolute atomic E-state index is 12.9. The Morgan fingerprint density at radius 1 is 1.44 bits per heavy atom. The van der Waals surface area contributed by atoms with Crippen LogP contribution in [-0.2, 0) is 19.2 Å². The Labute approximate surface area is 210 Å². The van der Waals surface area contributed by atoms with Gasteiger partial charge in [0.2, 0.25) is 11.5 Å². The molecule has 2 aliphatic rings. The Morgan fingerprint density at radius 3 is 2.76 bits per heavy atom. The molecular formula is C19H24N6O5S3Si. The summed E-state index contributed by atoms with van der Waals surface area (Å²) in [6, 6.07) is -0.921. The third kappa shape index (κ3) is 5.92. The van der Waals surface area contributed by atoms with Crippen LogP contribution in [0.15, 0.2) is 16.4 Å². The van der Waals surface area contributed by atoms with Crippen LogP contribution in [0.5, 0.6) is 0 Å². The van der Waals surface area contributed by atoms with E-state index in [0.29, 0.717) is 17.1 Å². The monoisotopic (exact) mass is 540 g/mol. The molecule has 0 aromatic carbocycles. The molecule has 0 radical (unpaired) electrons. The number of rotatable bonds is 8. The second-order valence-electron chi connectivity index (χ2n) is 8.20. The van der Waals surface area contributed by atoms with E-state index in [2.05, 4.69) is 50.3 Å². The summed E-state index contributed by atoms with van der Waals surface area (Å²) in [5.74, 6) is -1.62. The van der Waals surface area contributed by atoms with Gasteiger partial charge in [-0.3, -0.25) is 14.5 Å². The van der Waals surface area contributed by atoms with Crippen LogP contribution in [0.4, 0.5) is 5.13 Å². The fraction of sp³-hybridized carbons (Fsp3) is 0.474. The van der Waals surface area contributed by atoms with Crippen LogP contribution in [0.2, 0.25) is 19.6 Å². The van der Waals surface area contributed by atoms with Crippen LogP contribution >= 0.6 is 35.1 Å². The molecule has 0 saturated carbocycles. The number of nitrogens with one attached hydrogen (secondary N) is 1. The summed E-state index contributed by atoms with van der Waals surface area (Å²) in [6.07, 6.45) is 0. The number of aliphatic carboxylic acids is 1. The molecule has 1 saturated heterocycles. The summed E-state index contributed by atoms with van der Waals surface area (Å²) in [6.45, 7) is 8.28. The zero-order valence-corrected chi connectivity index (χ0v) is 22.4. The molecule has 15 heteroatoms. The van der Waals surface area contributed by atoms with Gasteiger partial charge in [0.25, 0.3) is 11.8 Å². The number of hydrogen-bond donors (Lipinski definition) is 3. The van der Waals surface area contributed by atoms with E-state index in [0.717, 1.165) is 11.5 Å². The largest absolute Gasteiger partial charge is 0.477 e. The summed E-state index contributed by atoms with van der Waals surface area (Å²) < 4.78 is 3.97. The van der Waals surface area contributed by atoms with Gasteiger partial charge < -0.3 is 21.0 Å². The van der Waals surface area contributed by atoms with Crippen LogP contribution in [0.25, 0.3) is 0 Å². The first kappa shape index (κ1) is 26.1. The third-order valence-electron chi connectivity index (χ3n) is 4.43. The van der Waals surface area contributed by atoms with Crippen LogP contribution in [0, 0.1) is 10.8 Å². The van der Waals surface area contributed by atoms with Gasteiger partial charge in [0.1, 0.15) is 31.8 Å². The van der Waals surface area contributed by atoms with Crippen molar-refractivity contribution in [1.29, 1.82) is 0 Å². The Morgan fingerprint density at radius 2 is 2.18 bits per heavy atom. The number of fused-ring (bicyclic) bond motifs is 1. The number of carboxylic acid groups (broad SMARTS) is 1. The van der Waals surface area contributed by atoms with Gasteiger partial charge in [-0.25, -0.2) is 4.79 Å². The second-order valence-corrected chi connectivity index (χ2v) is 15.6. The first-order valence-corrected chi connectivity index (χ1v) is 16.5. The normalized spacial score (nSPS) is 20.2. The average molecular weight is 541 g/mol. The minimum Gasteiger partial charge on any atom is -0.477 e. The van der Waals surface area contributed by atoms with Crippen molar-refractivity contribution in [3.05, 3.63) is 17.1 Å². The van der Waals surface area contributed by atoms with Crippen LogP contribution in [0.3, 0.4) is 0 Å². The number of oxime groups is 1. The van der Waals surface area contributed by atoms with E-state index >= 15 is 0 Å². The molecule has 3 rings (SSSR count). The molecule has 1 aromatic heterocycles. The third-order valence-corrected chi connectivity index (χ3v) is 8.11. The second kappa shape index (κ2) is 10.8. The van der Waals surface area contributed by atoms with E-state index in [9.17, 15) is 19.5 Å². The van der Waals surface area contributed by atoms with E-state index in [1.807, 2.05) is 0 Å². The summed E-state index contributed by atoms with van der Waals surface area (Å²) in [5.41, 5.74) is 9.19. The Balaban J connectivity index is 1.74. The van der Waals surface area contributed by atoms with Gasteiger partial charge >= 0.3 is 5.97 Å². The fourth-order valence-corrected chi connectivity index (χ4v) is 6.87. The van der Waals surface area contributed by atoms with Crippen molar-refractivity contribution in [2.75, 3.05) is 23.8 Å². The van der Waals surface area contributed by atoms with E-state index < -0.39 is 37.3 Å². The number of β-lactam (4-membered cyclic amide) rings is 1. The Kier molecular flexibility index (Phi) is 8.28. The first-order valence-electron chi connectivity index (χ1n) is 10.2. The molecule has 182 valence electrons. The van der Waals surface area contributed by atoms with Gasteiger partial charge in [-0.1, -0.05) is 36.6 Å². The molecule has 2 atom stereocenters. The van der Waals surface area contributed by atoms with Crippen molar-refractivity contribution in [2.45, 2.75) is 38.0 Å².